The number of nitrogens with zero attached hydrogens (tertiary/aromatic N) is 5. The molecule has 1 aliphatic heterocycles. The van der Waals surface area contributed by atoms with Gasteiger partial charge in [-0.3, -0.25) is 15.8 Å². The fourth-order valence-electron chi connectivity index (χ4n) is 5.17. The lowest BCUT2D eigenvalue weighted by Gasteiger charge is -2.33. The van der Waals surface area contributed by atoms with Crippen molar-refractivity contribution in [3.63, 3.8) is 0 Å². The summed E-state index contributed by atoms with van der Waals surface area (Å²) in [4.78, 5) is 63.1. The van der Waals surface area contributed by atoms with Crippen molar-refractivity contribution in [1.82, 2.24) is 20.1 Å². The molecule has 0 radical (unpaired) electrons. The Morgan fingerprint density at radius 3 is 1.91 bits per heavy atom. The molecule has 0 saturated heterocycles. The van der Waals surface area contributed by atoms with E-state index in [0.717, 1.165) is 22.3 Å². The SMILES string of the molecule is C=C(/C=C/C)CCN(Nc1ccc(C2=CCN(/C(=N/C(=O)OC(C)(C)C)NC(=O)OC(C)(C)C)CC2)c(C)c1)/C(=N\C(=O)OC(C)(C)C)N(C)C(=O)OC(C)(C)C. The van der Waals surface area contributed by atoms with Crippen molar-refractivity contribution in [3.05, 3.63) is 59.7 Å². The Balaban J connectivity index is 2.49. The molecule has 0 saturated carbocycles. The maximum atomic E-state index is 13.3. The first-order valence-corrected chi connectivity index (χ1v) is 19.1. The summed E-state index contributed by atoms with van der Waals surface area (Å²) >= 11 is 0. The molecule has 0 unspecified atom stereocenters. The molecule has 15 heteroatoms. The van der Waals surface area contributed by atoms with Gasteiger partial charge in [-0.1, -0.05) is 36.4 Å². The quantitative estimate of drug-likeness (QED) is 0.0889. The molecule has 2 rings (SSSR count). The second-order valence-electron chi connectivity index (χ2n) is 17.6. The van der Waals surface area contributed by atoms with Crippen molar-refractivity contribution in [1.29, 1.82) is 0 Å². The van der Waals surface area contributed by atoms with Crippen LogP contribution >= 0.6 is 0 Å². The van der Waals surface area contributed by atoms with Crippen molar-refractivity contribution < 1.29 is 38.1 Å². The van der Waals surface area contributed by atoms with E-state index in [1.54, 1.807) is 93.0 Å². The molecule has 4 amide bonds. The van der Waals surface area contributed by atoms with Gasteiger partial charge in [-0.15, -0.1) is 9.98 Å². The predicted molar refractivity (Wildman–Crippen MR) is 225 cm³/mol. The van der Waals surface area contributed by atoms with Gasteiger partial charge in [-0.05, 0) is 139 Å². The normalized spacial score (nSPS) is 14.4. The van der Waals surface area contributed by atoms with Gasteiger partial charge in [-0.25, -0.2) is 24.1 Å². The summed E-state index contributed by atoms with van der Waals surface area (Å²) in [5.41, 5.74) is 4.66. The number of alkyl carbamates (subject to hydrolysis) is 1. The Kier molecular flexibility index (Phi) is 16.5. The molecule has 1 heterocycles. The van der Waals surface area contributed by atoms with Crippen molar-refractivity contribution >= 4 is 47.6 Å². The van der Waals surface area contributed by atoms with Gasteiger partial charge < -0.3 is 23.8 Å². The Hall–Kier alpha value is -5.34. The summed E-state index contributed by atoms with van der Waals surface area (Å²) in [5.74, 6) is -0.00472. The second-order valence-corrected chi connectivity index (χ2v) is 17.6. The van der Waals surface area contributed by atoms with Crippen LogP contribution in [0.25, 0.3) is 5.57 Å². The third-order valence-electron chi connectivity index (χ3n) is 7.40. The largest absolute Gasteiger partial charge is 0.444 e. The van der Waals surface area contributed by atoms with E-state index in [9.17, 15) is 19.2 Å². The molecule has 0 aliphatic carbocycles. The fraction of sp³-hybridized carbons (Fsp3) is 0.571. The molecule has 57 heavy (non-hydrogen) atoms. The highest BCUT2D eigenvalue weighted by Crippen LogP contribution is 2.28. The number of hydrazine groups is 1. The third-order valence-corrected chi connectivity index (χ3v) is 7.40. The average Bonchev–Trinajstić information content (AvgIpc) is 3.02. The highest BCUT2D eigenvalue weighted by atomic mass is 16.6. The van der Waals surface area contributed by atoms with Crippen molar-refractivity contribution in [2.45, 2.75) is 132 Å². The Morgan fingerprint density at radius 2 is 1.42 bits per heavy atom. The Bertz CT molecular complexity index is 1750. The molecule has 15 nitrogen and oxygen atoms in total. The third kappa shape index (κ3) is 18.0. The van der Waals surface area contributed by atoms with Crippen LogP contribution in [0.15, 0.2) is 58.6 Å². The van der Waals surface area contributed by atoms with Gasteiger partial charge in [0.05, 0.1) is 5.69 Å². The number of ether oxygens (including phenoxy) is 4. The Labute approximate surface area is 339 Å². The van der Waals surface area contributed by atoms with Crippen molar-refractivity contribution in [2.75, 3.05) is 32.1 Å². The second kappa shape index (κ2) is 19.7. The number of aryl methyl sites for hydroxylation is 1. The average molecular weight is 796 g/mol. The number of carbonyl (C=O) groups excluding carboxylic acids is 4. The lowest BCUT2D eigenvalue weighted by Crippen LogP contribution is -2.50. The molecule has 0 fully saturated rings. The van der Waals surface area contributed by atoms with Gasteiger partial charge >= 0.3 is 24.4 Å². The minimum absolute atomic E-state index is 0.0301. The van der Waals surface area contributed by atoms with Crippen LogP contribution < -0.4 is 10.7 Å². The van der Waals surface area contributed by atoms with Gasteiger partial charge in [0.1, 0.15) is 22.4 Å². The smallest absolute Gasteiger partial charge is 0.437 e. The van der Waals surface area contributed by atoms with Crippen LogP contribution in [0.4, 0.5) is 24.9 Å². The monoisotopic (exact) mass is 795 g/mol. The molecule has 1 aromatic rings. The topological polar surface area (TPSA) is 164 Å². The van der Waals surface area contributed by atoms with E-state index in [0.29, 0.717) is 31.6 Å². The fourth-order valence-corrected chi connectivity index (χ4v) is 5.17. The molecule has 0 atom stereocenters. The first-order chi connectivity index (χ1) is 26.1. The summed E-state index contributed by atoms with van der Waals surface area (Å²) in [6, 6.07) is 5.82. The van der Waals surface area contributed by atoms with Gasteiger partial charge in [0.2, 0.25) is 11.9 Å². The van der Waals surface area contributed by atoms with Crippen LogP contribution in [0, 0.1) is 6.92 Å². The first kappa shape index (κ1) is 47.8. The number of aliphatic imine (C=N–C) groups is 2. The maximum absolute atomic E-state index is 13.3. The number of anilines is 1. The minimum atomic E-state index is -0.877. The van der Waals surface area contributed by atoms with E-state index in [2.05, 4.69) is 27.3 Å². The molecular weight excluding hydrogens is 731 g/mol. The van der Waals surface area contributed by atoms with Crippen LogP contribution in [0.2, 0.25) is 0 Å². The molecule has 0 bridgehead atoms. The molecular formula is C42H65N7O8. The Morgan fingerprint density at radius 1 is 0.860 bits per heavy atom. The highest BCUT2D eigenvalue weighted by molar-refractivity contribution is 6.00. The van der Waals surface area contributed by atoms with E-state index >= 15 is 0 Å². The van der Waals surface area contributed by atoms with Gasteiger partial charge in [-0.2, -0.15) is 0 Å². The van der Waals surface area contributed by atoms with Gasteiger partial charge in [0.15, 0.2) is 0 Å². The van der Waals surface area contributed by atoms with Crippen LogP contribution in [0.1, 0.15) is 114 Å². The predicted octanol–water partition coefficient (Wildman–Crippen LogP) is 9.21. The van der Waals surface area contributed by atoms with Crippen LogP contribution in [0.3, 0.4) is 0 Å². The summed E-state index contributed by atoms with van der Waals surface area (Å²) in [5, 5.41) is 4.22. The molecule has 2 N–H and O–H groups in total. The zero-order chi connectivity index (χ0) is 43.5. The number of carbonyl (C=O) groups is 4. The summed E-state index contributed by atoms with van der Waals surface area (Å²) < 4.78 is 22.0. The number of guanidine groups is 2. The van der Waals surface area contributed by atoms with E-state index in [1.807, 2.05) is 50.3 Å². The molecule has 0 spiro atoms. The molecule has 1 aromatic carbocycles. The van der Waals surface area contributed by atoms with E-state index < -0.39 is 46.8 Å². The number of benzene rings is 1. The maximum Gasteiger partial charge on any atom is 0.437 e. The number of hydrogen-bond acceptors (Lipinski definition) is 9. The number of nitrogens with one attached hydrogen (secondary N) is 2. The number of hydrogen-bond donors (Lipinski definition) is 2. The standard InChI is InChI=1S/C42H65N7O8/c1-17-18-28(2)21-26-49(34(45-37(52)56-41(10,11)12)47(16)38(53)57-42(13,14)15)46-31-19-20-32(29(3)27-31)30-22-24-48(25-23-30)33(43-35(50)54-39(4,5)6)44-36(51)55-40(7,8)9/h17-20,22,27,46H,2,21,23-26H2,1,3-16H3,(H,43,44,50,51)/b18-17+,45-34-. The highest BCUT2D eigenvalue weighted by Gasteiger charge is 2.30. The van der Waals surface area contributed by atoms with Gasteiger partial charge in [0, 0.05) is 26.7 Å². The lowest BCUT2D eigenvalue weighted by molar-refractivity contribution is 0.0382. The lowest BCUT2D eigenvalue weighted by atomic mass is 9.95. The molecule has 1 aliphatic rings. The molecule has 0 aromatic heterocycles. The van der Waals surface area contributed by atoms with Crippen molar-refractivity contribution in [2.24, 2.45) is 9.98 Å². The zero-order valence-corrected chi connectivity index (χ0v) is 36.7. The van der Waals surface area contributed by atoms with E-state index in [1.165, 1.54) is 11.9 Å². The summed E-state index contributed by atoms with van der Waals surface area (Å²) in [6.07, 6.45) is 3.66. The van der Waals surface area contributed by atoms with Crippen LogP contribution in [-0.4, -0.2) is 100 Å². The number of rotatable bonds is 7. The summed E-state index contributed by atoms with van der Waals surface area (Å²) in [7, 11) is 1.48. The van der Waals surface area contributed by atoms with E-state index in [-0.39, 0.29) is 18.5 Å². The van der Waals surface area contributed by atoms with E-state index in [4.69, 9.17) is 18.9 Å². The molecule has 316 valence electrons. The summed E-state index contributed by atoms with van der Waals surface area (Å²) in [6.45, 7) is 29.9. The first-order valence-electron chi connectivity index (χ1n) is 19.1. The van der Waals surface area contributed by atoms with Gasteiger partial charge in [0.25, 0.3) is 0 Å². The zero-order valence-electron chi connectivity index (χ0n) is 36.7. The van der Waals surface area contributed by atoms with Crippen molar-refractivity contribution in [3.8, 4) is 0 Å². The van der Waals surface area contributed by atoms with Crippen LogP contribution in [-0.2, 0) is 18.9 Å². The number of amides is 4. The minimum Gasteiger partial charge on any atom is -0.444 e. The number of allylic oxidation sites excluding steroid dienone is 2. The van der Waals surface area contributed by atoms with Crippen LogP contribution in [0.5, 0.6) is 0 Å².